The van der Waals surface area contributed by atoms with E-state index in [2.05, 4.69) is 22.8 Å². The highest BCUT2D eigenvalue weighted by atomic mass is 35.5. The Labute approximate surface area is 133 Å². The lowest BCUT2D eigenvalue weighted by molar-refractivity contribution is -0.116. The number of nitrogens with one attached hydrogen (secondary N) is 2. The molecule has 1 saturated carbocycles. The van der Waals surface area contributed by atoms with Crippen LogP contribution in [0, 0.1) is 5.92 Å². The minimum Gasteiger partial charge on any atom is -0.385 e. The van der Waals surface area contributed by atoms with Crippen molar-refractivity contribution in [3.05, 3.63) is 23.8 Å². The second kappa shape index (κ2) is 7.69. The van der Waals surface area contributed by atoms with Crippen molar-refractivity contribution in [3.8, 4) is 0 Å². The summed E-state index contributed by atoms with van der Waals surface area (Å²) in [5, 5.41) is 6.44. The number of hydrogen-bond acceptors (Lipinski definition) is 2. The van der Waals surface area contributed by atoms with Gasteiger partial charge >= 0.3 is 0 Å². The Morgan fingerprint density at radius 1 is 1.24 bits per heavy atom. The van der Waals surface area contributed by atoms with Gasteiger partial charge in [0.25, 0.3) is 0 Å². The maximum absolute atomic E-state index is 12.0. The lowest BCUT2D eigenvalue weighted by atomic mass is 10.0. The molecule has 0 saturated heterocycles. The van der Waals surface area contributed by atoms with E-state index < -0.39 is 0 Å². The summed E-state index contributed by atoms with van der Waals surface area (Å²) in [6.07, 6.45) is 9.34. The van der Waals surface area contributed by atoms with E-state index in [-0.39, 0.29) is 18.3 Å². The third-order valence-corrected chi connectivity index (χ3v) is 4.58. The van der Waals surface area contributed by atoms with Crippen molar-refractivity contribution in [2.75, 3.05) is 17.2 Å². The van der Waals surface area contributed by atoms with Gasteiger partial charge in [-0.3, -0.25) is 4.79 Å². The molecule has 3 nitrogen and oxygen atoms in total. The van der Waals surface area contributed by atoms with Gasteiger partial charge in [0.05, 0.1) is 0 Å². The lowest BCUT2D eigenvalue weighted by Crippen LogP contribution is -2.15. The average Bonchev–Trinajstić information content (AvgIpc) is 2.98. The molecule has 0 radical (unpaired) electrons. The molecular weight excluding hydrogens is 284 g/mol. The van der Waals surface area contributed by atoms with E-state index in [1.807, 2.05) is 6.07 Å². The number of amides is 1. The van der Waals surface area contributed by atoms with Crippen molar-refractivity contribution in [2.45, 2.75) is 51.4 Å². The zero-order valence-electron chi connectivity index (χ0n) is 12.5. The fourth-order valence-corrected chi connectivity index (χ4v) is 3.41. The summed E-state index contributed by atoms with van der Waals surface area (Å²) in [6, 6.07) is 6.21. The van der Waals surface area contributed by atoms with Crippen molar-refractivity contribution in [3.63, 3.8) is 0 Å². The first-order valence-electron chi connectivity index (χ1n) is 7.98. The van der Waals surface area contributed by atoms with Crippen LogP contribution in [0.15, 0.2) is 18.2 Å². The quantitative estimate of drug-likeness (QED) is 0.867. The average molecular weight is 309 g/mol. The fraction of sp³-hybridized carbons (Fsp3) is 0.588. The third kappa shape index (κ3) is 4.37. The Bertz CT molecular complexity index is 484. The number of carbonyl (C=O) groups is 1. The number of rotatable bonds is 4. The van der Waals surface area contributed by atoms with Gasteiger partial charge in [-0.15, -0.1) is 12.4 Å². The molecule has 1 aliphatic carbocycles. The molecule has 2 N–H and O–H groups in total. The van der Waals surface area contributed by atoms with Crippen LogP contribution in [0.4, 0.5) is 11.4 Å². The van der Waals surface area contributed by atoms with Crippen molar-refractivity contribution in [1.29, 1.82) is 0 Å². The molecule has 1 aromatic rings. The molecule has 1 aliphatic heterocycles. The molecule has 0 unspecified atom stereocenters. The van der Waals surface area contributed by atoms with Gasteiger partial charge < -0.3 is 10.6 Å². The standard InChI is InChI=1S/C17H24N2O.ClH/c20-17(10-7-13-4-1-2-5-13)19-15-8-9-16-14(12-15)6-3-11-18-16;/h8-9,12-13,18H,1-7,10-11H2,(H,19,20);1H. The molecule has 3 rings (SSSR count). The van der Waals surface area contributed by atoms with E-state index in [9.17, 15) is 4.79 Å². The number of benzene rings is 1. The molecule has 1 amide bonds. The summed E-state index contributed by atoms with van der Waals surface area (Å²) in [5.74, 6) is 0.953. The minimum absolute atomic E-state index is 0. The van der Waals surface area contributed by atoms with Crippen molar-refractivity contribution in [1.82, 2.24) is 0 Å². The van der Waals surface area contributed by atoms with Crippen molar-refractivity contribution >= 4 is 29.7 Å². The predicted octanol–water partition coefficient (Wildman–Crippen LogP) is 4.38. The van der Waals surface area contributed by atoms with Crippen LogP contribution in [0.25, 0.3) is 0 Å². The van der Waals surface area contributed by atoms with E-state index >= 15 is 0 Å². The van der Waals surface area contributed by atoms with Crippen LogP contribution >= 0.6 is 12.4 Å². The Morgan fingerprint density at radius 2 is 2.05 bits per heavy atom. The second-order valence-electron chi connectivity index (χ2n) is 6.14. The molecule has 21 heavy (non-hydrogen) atoms. The third-order valence-electron chi connectivity index (χ3n) is 4.58. The summed E-state index contributed by atoms with van der Waals surface area (Å²) >= 11 is 0. The van der Waals surface area contributed by atoms with Gasteiger partial charge in [0.2, 0.25) is 5.91 Å². The fourth-order valence-electron chi connectivity index (χ4n) is 3.41. The predicted molar refractivity (Wildman–Crippen MR) is 90.3 cm³/mol. The Morgan fingerprint density at radius 3 is 2.86 bits per heavy atom. The highest BCUT2D eigenvalue weighted by Crippen LogP contribution is 2.29. The smallest absolute Gasteiger partial charge is 0.224 e. The highest BCUT2D eigenvalue weighted by molar-refractivity contribution is 5.91. The number of fused-ring (bicyclic) bond motifs is 1. The summed E-state index contributed by atoms with van der Waals surface area (Å²) in [6.45, 7) is 1.06. The molecule has 4 heteroatoms. The normalized spacial score (nSPS) is 17.5. The summed E-state index contributed by atoms with van der Waals surface area (Å²) < 4.78 is 0. The van der Waals surface area contributed by atoms with E-state index in [1.165, 1.54) is 43.4 Å². The summed E-state index contributed by atoms with van der Waals surface area (Å²) in [7, 11) is 0. The van der Waals surface area contributed by atoms with Gasteiger partial charge in [0, 0.05) is 24.3 Å². The second-order valence-corrected chi connectivity index (χ2v) is 6.14. The van der Waals surface area contributed by atoms with Gasteiger partial charge in [0.1, 0.15) is 0 Å². The molecule has 2 aliphatic rings. The monoisotopic (exact) mass is 308 g/mol. The van der Waals surface area contributed by atoms with E-state index in [1.54, 1.807) is 0 Å². The van der Waals surface area contributed by atoms with Crippen molar-refractivity contribution < 1.29 is 4.79 Å². The van der Waals surface area contributed by atoms with Gasteiger partial charge in [-0.1, -0.05) is 25.7 Å². The molecule has 0 bridgehead atoms. The van der Waals surface area contributed by atoms with E-state index in [4.69, 9.17) is 0 Å². The zero-order chi connectivity index (χ0) is 13.8. The van der Waals surface area contributed by atoms with Gasteiger partial charge in [-0.05, 0) is 48.9 Å². The van der Waals surface area contributed by atoms with Gasteiger partial charge in [-0.25, -0.2) is 0 Å². The Kier molecular flexibility index (Phi) is 5.92. The van der Waals surface area contributed by atoms with Crippen LogP contribution in [-0.4, -0.2) is 12.5 Å². The maximum Gasteiger partial charge on any atom is 0.224 e. The van der Waals surface area contributed by atoms with Crippen molar-refractivity contribution in [2.24, 2.45) is 5.92 Å². The molecule has 116 valence electrons. The number of halogens is 1. The van der Waals surface area contributed by atoms with Gasteiger partial charge in [0.15, 0.2) is 0 Å². The molecule has 0 spiro atoms. The number of hydrogen-bond donors (Lipinski definition) is 2. The first-order valence-corrected chi connectivity index (χ1v) is 7.98. The van der Waals surface area contributed by atoms with Crippen LogP contribution in [0.5, 0.6) is 0 Å². The van der Waals surface area contributed by atoms with E-state index in [0.29, 0.717) is 6.42 Å². The molecular formula is C17H25ClN2O. The van der Waals surface area contributed by atoms with E-state index in [0.717, 1.165) is 31.0 Å². The molecule has 0 aromatic heterocycles. The Hall–Kier alpha value is -1.22. The van der Waals surface area contributed by atoms with Gasteiger partial charge in [-0.2, -0.15) is 0 Å². The largest absolute Gasteiger partial charge is 0.385 e. The topological polar surface area (TPSA) is 41.1 Å². The number of aryl methyl sites for hydroxylation is 1. The Balaban J connectivity index is 0.00000161. The molecule has 1 fully saturated rings. The molecule has 1 aromatic carbocycles. The zero-order valence-corrected chi connectivity index (χ0v) is 13.3. The molecule has 1 heterocycles. The number of anilines is 2. The van der Waals surface area contributed by atoms with Crippen LogP contribution in [0.1, 0.15) is 50.5 Å². The first kappa shape index (κ1) is 16.2. The van der Waals surface area contributed by atoms with Crippen LogP contribution in [0.2, 0.25) is 0 Å². The number of carbonyl (C=O) groups excluding carboxylic acids is 1. The SMILES string of the molecule is Cl.O=C(CCC1CCCC1)Nc1ccc2c(c1)CCCN2. The molecule has 0 atom stereocenters. The van der Waals surface area contributed by atoms with Crippen LogP contribution in [-0.2, 0) is 11.2 Å². The summed E-state index contributed by atoms with van der Waals surface area (Å²) in [5.41, 5.74) is 3.49. The lowest BCUT2D eigenvalue weighted by Gasteiger charge is -2.19. The van der Waals surface area contributed by atoms with Crippen LogP contribution < -0.4 is 10.6 Å². The minimum atomic E-state index is 0. The maximum atomic E-state index is 12.0. The first-order chi connectivity index (χ1) is 9.81. The van der Waals surface area contributed by atoms with Crippen LogP contribution in [0.3, 0.4) is 0 Å². The highest BCUT2D eigenvalue weighted by Gasteiger charge is 2.16. The summed E-state index contributed by atoms with van der Waals surface area (Å²) in [4.78, 5) is 12.0.